The Kier molecular flexibility index (Phi) is 0.843. The van der Waals surface area contributed by atoms with Crippen molar-refractivity contribution in [3.8, 4) is 0 Å². The molecule has 0 fully saturated rings. The van der Waals surface area contributed by atoms with E-state index in [1.807, 2.05) is 0 Å². The Hall–Kier alpha value is 0.0800. The molecule has 0 aromatic heterocycles. The molecule has 0 aliphatic heterocycles. The Morgan fingerprint density at radius 1 is 0.667 bits per heavy atom. The van der Waals surface area contributed by atoms with Crippen molar-refractivity contribution in [3.63, 3.8) is 0 Å². The van der Waals surface area contributed by atoms with Gasteiger partial charge in [0, 0.05) is 0 Å². The molecule has 0 rings (SSSR count). The first kappa shape index (κ1) is 6.08. The minimum atomic E-state index is -8.75. The summed E-state index contributed by atoms with van der Waals surface area (Å²) in [7, 11) is -8.75. The van der Waals surface area contributed by atoms with E-state index in [1.165, 1.54) is 0 Å². The van der Waals surface area contributed by atoms with Gasteiger partial charge in [0.2, 0.25) is 0 Å². The SMILES string of the molecule is F[PH-](F)(F)(F)F. The molecule has 0 saturated carbocycles. The first-order chi connectivity index (χ1) is 2.24. The predicted octanol–water partition coefficient (Wildman–Crippen LogP) is 2.69. The van der Waals surface area contributed by atoms with E-state index in [2.05, 4.69) is 0 Å². The second-order valence-corrected chi connectivity index (χ2v) is 2.14. The van der Waals surface area contributed by atoms with Crippen LogP contribution < -0.4 is 0 Å². The van der Waals surface area contributed by atoms with Gasteiger partial charge in [-0.3, -0.25) is 0 Å². The summed E-state index contributed by atoms with van der Waals surface area (Å²) in [6, 6.07) is 0. The van der Waals surface area contributed by atoms with Crippen molar-refractivity contribution in [2.75, 3.05) is 0 Å². The van der Waals surface area contributed by atoms with E-state index in [0.29, 0.717) is 0 Å². The number of rotatable bonds is 0. The number of hydrogen-bond donors (Lipinski definition) is 0. The van der Waals surface area contributed by atoms with E-state index in [-0.39, 0.29) is 0 Å². The third-order valence-corrected chi connectivity index (χ3v) is 0. The van der Waals surface area contributed by atoms with Gasteiger partial charge >= 0.3 is 29.1 Å². The fourth-order valence-corrected chi connectivity index (χ4v) is 0. The summed E-state index contributed by atoms with van der Waals surface area (Å²) >= 11 is 0. The summed E-state index contributed by atoms with van der Waals surface area (Å²) < 4.78 is 49.3. The first-order valence-corrected chi connectivity index (χ1v) is 2.83. The van der Waals surface area contributed by atoms with E-state index in [9.17, 15) is 21.0 Å². The van der Waals surface area contributed by atoms with Crippen molar-refractivity contribution in [3.05, 3.63) is 0 Å². The molecule has 6 heteroatoms. The van der Waals surface area contributed by atoms with Crippen LogP contribution in [-0.2, 0) is 0 Å². The van der Waals surface area contributed by atoms with Crippen molar-refractivity contribution >= 4 is 8.16 Å². The molecule has 0 unspecified atom stereocenters. The van der Waals surface area contributed by atoms with Crippen LogP contribution in [0.1, 0.15) is 0 Å². The molecule has 0 amide bonds. The fraction of sp³-hybridized carbons (Fsp3) is 0. The second kappa shape index (κ2) is 0.832. The molecule has 6 heavy (non-hydrogen) atoms. The molecule has 0 radical (unpaired) electrons. The molecular formula is HF5P-. The normalized spacial score (nSPS) is 19.2. The summed E-state index contributed by atoms with van der Waals surface area (Å²) in [5.41, 5.74) is 0. The summed E-state index contributed by atoms with van der Waals surface area (Å²) in [6.07, 6.45) is 0. The van der Waals surface area contributed by atoms with Crippen LogP contribution in [0.4, 0.5) is 21.0 Å². The molecule has 0 aliphatic rings. The van der Waals surface area contributed by atoms with Gasteiger partial charge in [-0.25, -0.2) is 0 Å². The number of halogens is 5. The van der Waals surface area contributed by atoms with Gasteiger partial charge in [0.1, 0.15) is 0 Å². The molecule has 0 spiro atoms. The second-order valence-electron chi connectivity index (χ2n) is 0.714. The Labute approximate surface area is 30.5 Å². The zero-order chi connectivity index (χ0) is 5.45. The molecule has 42 valence electrons. The maximum atomic E-state index is 9.86. The van der Waals surface area contributed by atoms with Crippen LogP contribution >= 0.6 is 8.16 Å². The van der Waals surface area contributed by atoms with E-state index >= 15 is 0 Å². The predicted molar refractivity (Wildman–Crippen MR) is 13.9 cm³/mol. The van der Waals surface area contributed by atoms with Crippen molar-refractivity contribution < 1.29 is 21.0 Å². The van der Waals surface area contributed by atoms with Crippen molar-refractivity contribution in [2.45, 2.75) is 0 Å². The van der Waals surface area contributed by atoms with Gasteiger partial charge in [-0.05, 0) is 0 Å². The average molecular weight is 127 g/mol. The molecule has 0 N–H and O–H groups in total. The molecule has 0 atom stereocenters. The molecule has 0 nitrogen and oxygen atoms in total. The average Bonchev–Trinajstić information content (AvgIpc) is 0.650. The Morgan fingerprint density at radius 3 is 0.667 bits per heavy atom. The fourth-order valence-electron chi connectivity index (χ4n) is 0. The van der Waals surface area contributed by atoms with Crippen LogP contribution in [-0.4, -0.2) is 0 Å². The molecule has 0 bridgehead atoms. The number of hydrogen-bond acceptors (Lipinski definition) is 0. The molecule has 0 heterocycles. The van der Waals surface area contributed by atoms with Crippen LogP contribution in [0, 0.1) is 0 Å². The van der Waals surface area contributed by atoms with Crippen LogP contribution in [0.3, 0.4) is 0 Å². The van der Waals surface area contributed by atoms with Crippen molar-refractivity contribution in [2.24, 2.45) is 0 Å². The molecular weight excluding hydrogens is 126 g/mol. The van der Waals surface area contributed by atoms with Gasteiger partial charge in [0.25, 0.3) is 0 Å². The van der Waals surface area contributed by atoms with Gasteiger partial charge in [-0.15, -0.1) is 0 Å². The van der Waals surface area contributed by atoms with E-state index in [0.717, 1.165) is 0 Å². The van der Waals surface area contributed by atoms with E-state index in [4.69, 9.17) is 0 Å². The van der Waals surface area contributed by atoms with E-state index < -0.39 is 8.16 Å². The topological polar surface area (TPSA) is 0 Å². The van der Waals surface area contributed by atoms with Crippen LogP contribution in [0.2, 0.25) is 0 Å². The quantitative estimate of drug-likeness (QED) is 0.346. The minimum absolute atomic E-state index is 8.75. The van der Waals surface area contributed by atoms with Gasteiger partial charge in [0.15, 0.2) is 0 Å². The summed E-state index contributed by atoms with van der Waals surface area (Å²) in [4.78, 5) is 0. The zero-order valence-electron chi connectivity index (χ0n) is 2.39. The van der Waals surface area contributed by atoms with Crippen LogP contribution in [0.5, 0.6) is 0 Å². The Bertz CT molecular complexity index is 37.1. The van der Waals surface area contributed by atoms with Crippen LogP contribution in [0.15, 0.2) is 0 Å². The van der Waals surface area contributed by atoms with Gasteiger partial charge < -0.3 is 0 Å². The summed E-state index contributed by atoms with van der Waals surface area (Å²) in [5.74, 6) is 0. The molecule has 0 aromatic rings. The summed E-state index contributed by atoms with van der Waals surface area (Å²) in [5, 5.41) is 0. The third-order valence-electron chi connectivity index (χ3n) is 0. The zero-order valence-corrected chi connectivity index (χ0v) is 3.39. The Balaban J connectivity index is 3.73. The van der Waals surface area contributed by atoms with Gasteiger partial charge in [-0.2, -0.15) is 0 Å². The molecule has 0 aliphatic carbocycles. The van der Waals surface area contributed by atoms with Crippen molar-refractivity contribution in [1.29, 1.82) is 0 Å². The van der Waals surface area contributed by atoms with Gasteiger partial charge in [-0.1, -0.05) is 0 Å². The Morgan fingerprint density at radius 2 is 0.667 bits per heavy atom. The van der Waals surface area contributed by atoms with Gasteiger partial charge in [0.05, 0.1) is 0 Å². The third kappa shape index (κ3) is 6050. The van der Waals surface area contributed by atoms with Crippen LogP contribution in [0.25, 0.3) is 0 Å². The first-order valence-electron chi connectivity index (χ1n) is 0.945. The summed E-state index contributed by atoms with van der Waals surface area (Å²) in [6.45, 7) is 0. The molecule has 0 saturated heterocycles. The molecule has 0 aromatic carbocycles. The standard InChI is InChI=1S/F5HP/c1-6(2,3,4)5/h6H/q-1. The maximum absolute atomic E-state index is 9.86. The monoisotopic (exact) mass is 127 g/mol. The van der Waals surface area contributed by atoms with E-state index in [1.54, 1.807) is 0 Å². The van der Waals surface area contributed by atoms with Crippen molar-refractivity contribution in [1.82, 2.24) is 0 Å².